The number of methoxy groups -OCH3 is 1. The quantitative estimate of drug-likeness (QED) is 0.381. The van der Waals surface area contributed by atoms with Gasteiger partial charge in [0, 0.05) is 16.9 Å². The van der Waals surface area contributed by atoms with E-state index in [-0.39, 0.29) is 23.3 Å². The average Bonchev–Trinajstić information content (AvgIpc) is 3.54. The number of benzene rings is 2. The zero-order valence-corrected chi connectivity index (χ0v) is 17.5. The van der Waals surface area contributed by atoms with Gasteiger partial charge in [0.05, 0.1) is 25.3 Å². The first-order chi connectivity index (χ1) is 16.0. The van der Waals surface area contributed by atoms with E-state index in [0.29, 0.717) is 28.4 Å². The number of hydrogen-bond donors (Lipinski definition) is 3. The zero-order valence-electron chi connectivity index (χ0n) is 17.5. The van der Waals surface area contributed by atoms with Crippen molar-refractivity contribution in [2.45, 2.75) is 0 Å². The molecule has 2 heterocycles. The van der Waals surface area contributed by atoms with Gasteiger partial charge < -0.3 is 29.5 Å². The second kappa shape index (κ2) is 9.56. The van der Waals surface area contributed by atoms with Crippen LogP contribution in [0.1, 0.15) is 31.5 Å². The molecule has 3 N–H and O–H groups in total. The molecule has 0 aliphatic rings. The fraction of sp³-hybridized carbons (Fsp3) is 0.0417. The van der Waals surface area contributed by atoms with Gasteiger partial charge in [-0.1, -0.05) is 0 Å². The smallest absolute Gasteiger partial charge is 0.291 e. The van der Waals surface area contributed by atoms with Crippen LogP contribution in [0, 0.1) is 0 Å². The van der Waals surface area contributed by atoms with Crippen molar-refractivity contribution in [3.63, 3.8) is 0 Å². The normalized spacial score (nSPS) is 10.3. The Morgan fingerprint density at radius 2 is 1.27 bits per heavy atom. The van der Waals surface area contributed by atoms with E-state index in [9.17, 15) is 14.4 Å². The van der Waals surface area contributed by atoms with Crippen LogP contribution in [-0.2, 0) is 0 Å². The molecule has 4 aromatic rings. The lowest BCUT2D eigenvalue weighted by atomic mass is 10.1. The molecule has 33 heavy (non-hydrogen) atoms. The van der Waals surface area contributed by atoms with Gasteiger partial charge in [0.15, 0.2) is 11.5 Å². The number of hydrogen-bond acceptors (Lipinski definition) is 6. The summed E-state index contributed by atoms with van der Waals surface area (Å²) in [6, 6.07) is 17.6. The number of nitrogens with one attached hydrogen (secondary N) is 3. The molecule has 2 aromatic carbocycles. The van der Waals surface area contributed by atoms with Crippen molar-refractivity contribution in [3.8, 4) is 5.75 Å². The van der Waals surface area contributed by atoms with Crippen LogP contribution in [0.25, 0.3) is 0 Å². The number of anilines is 3. The van der Waals surface area contributed by atoms with Crippen molar-refractivity contribution < 1.29 is 28.0 Å². The molecule has 166 valence electrons. The molecule has 0 unspecified atom stereocenters. The third kappa shape index (κ3) is 5.10. The highest BCUT2D eigenvalue weighted by molar-refractivity contribution is 6.07. The molecule has 0 saturated carbocycles. The summed E-state index contributed by atoms with van der Waals surface area (Å²) in [6.45, 7) is 0. The van der Waals surface area contributed by atoms with E-state index in [1.807, 2.05) is 0 Å². The number of rotatable bonds is 7. The van der Waals surface area contributed by atoms with Crippen LogP contribution in [0.15, 0.2) is 88.1 Å². The second-order valence-electron chi connectivity index (χ2n) is 6.81. The summed E-state index contributed by atoms with van der Waals surface area (Å²) < 4.78 is 15.4. The number of carbonyl (C=O) groups is 3. The van der Waals surface area contributed by atoms with Crippen LogP contribution in [0.3, 0.4) is 0 Å². The third-order valence-electron chi connectivity index (χ3n) is 4.60. The monoisotopic (exact) mass is 445 g/mol. The highest BCUT2D eigenvalue weighted by Crippen LogP contribution is 2.28. The third-order valence-corrected chi connectivity index (χ3v) is 4.60. The maximum Gasteiger partial charge on any atom is 0.291 e. The molecule has 0 fully saturated rings. The van der Waals surface area contributed by atoms with Crippen molar-refractivity contribution in [1.82, 2.24) is 0 Å². The Bertz CT molecular complexity index is 1260. The summed E-state index contributed by atoms with van der Waals surface area (Å²) in [5.74, 6) is -0.456. The predicted octanol–water partition coefficient (Wildman–Crippen LogP) is 4.64. The maximum atomic E-state index is 12.7. The van der Waals surface area contributed by atoms with Crippen molar-refractivity contribution >= 4 is 34.8 Å². The Labute approximate surface area is 188 Å². The van der Waals surface area contributed by atoms with Crippen LogP contribution in [0.2, 0.25) is 0 Å². The highest BCUT2D eigenvalue weighted by atomic mass is 16.5. The minimum absolute atomic E-state index is 0.144. The van der Waals surface area contributed by atoms with Crippen LogP contribution >= 0.6 is 0 Å². The molecule has 0 radical (unpaired) electrons. The Hall–Kier alpha value is -4.79. The maximum absolute atomic E-state index is 12.7. The lowest BCUT2D eigenvalue weighted by Crippen LogP contribution is -2.14. The van der Waals surface area contributed by atoms with Crippen molar-refractivity contribution in [1.29, 1.82) is 0 Å². The van der Waals surface area contributed by atoms with Gasteiger partial charge in [-0.25, -0.2) is 0 Å². The molecule has 0 aliphatic heterocycles. The second-order valence-corrected chi connectivity index (χ2v) is 6.81. The SMILES string of the molecule is COc1ccc(NC(=O)c2ccc(NC(=O)c3ccco3)cc2)cc1NC(=O)c1ccco1. The summed E-state index contributed by atoms with van der Waals surface area (Å²) in [4.78, 5) is 37.0. The Kier molecular flexibility index (Phi) is 6.21. The van der Waals surface area contributed by atoms with Gasteiger partial charge in [0.2, 0.25) is 0 Å². The number of furan rings is 2. The van der Waals surface area contributed by atoms with E-state index in [1.165, 1.54) is 25.7 Å². The van der Waals surface area contributed by atoms with Gasteiger partial charge in [-0.3, -0.25) is 14.4 Å². The van der Waals surface area contributed by atoms with E-state index >= 15 is 0 Å². The minimum Gasteiger partial charge on any atom is -0.495 e. The van der Waals surface area contributed by atoms with E-state index in [0.717, 1.165) is 0 Å². The molecule has 0 spiro atoms. The Morgan fingerprint density at radius 1 is 0.697 bits per heavy atom. The fourth-order valence-corrected chi connectivity index (χ4v) is 2.98. The van der Waals surface area contributed by atoms with Gasteiger partial charge in [-0.05, 0) is 66.7 Å². The van der Waals surface area contributed by atoms with Crippen LogP contribution in [-0.4, -0.2) is 24.8 Å². The first-order valence-electron chi connectivity index (χ1n) is 9.82. The van der Waals surface area contributed by atoms with E-state index in [1.54, 1.807) is 60.7 Å². The summed E-state index contributed by atoms with van der Waals surface area (Å²) in [5, 5.41) is 8.15. The molecule has 0 aliphatic carbocycles. The molecular weight excluding hydrogens is 426 g/mol. The molecule has 2 aromatic heterocycles. The number of ether oxygens (including phenoxy) is 1. The predicted molar refractivity (Wildman–Crippen MR) is 121 cm³/mol. The fourth-order valence-electron chi connectivity index (χ4n) is 2.98. The first kappa shape index (κ1) is 21.4. The summed E-state index contributed by atoms with van der Waals surface area (Å²) in [7, 11) is 1.47. The summed E-state index contributed by atoms with van der Waals surface area (Å²) >= 11 is 0. The van der Waals surface area contributed by atoms with E-state index in [2.05, 4.69) is 16.0 Å². The Morgan fingerprint density at radius 3 is 1.85 bits per heavy atom. The zero-order chi connectivity index (χ0) is 23.2. The molecule has 4 rings (SSSR count). The highest BCUT2D eigenvalue weighted by Gasteiger charge is 2.14. The minimum atomic E-state index is -0.450. The van der Waals surface area contributed by atoms with Crippen LogP contribution in [0.5, 0.6) is 5.75 Å². The van der Waals surface area contributed by atoms with Crippen LogP contribution < -0.4 is 20.7 Å². The first-order valence-corrected chi connectivity index (χ1v) is 9.82. The molecule has 9 nitrogen and oxygen atoms in total. The van der Waals surface area contributed by atoms with Crippen LogP contribution in [0.4, 0.5) is 17.1 Å². The lowest BCUT2D eigenvalue weighted by molar-refractivity contribution is 0.0989. The molecular formula is C24H19N3O6. The molecule has 0 saturated heterocycles. The molecule has 9 heteroatoms. The largest absolute Gasteiger partial charge is 0.495 e. The lowest BCUT2D eigenvalue weighted by Gasteiger charge is -2.12. The molecule has 0 bridgehead atoms. The van der Waals surface area contributed by atoms with Gasteiger partial charge in [-0.15, -0.1) is 0 Å². The van der Waals surface area contributed by atoms with Gasteiger partial charge >= 0.3 is 0 Å². The summed E-state index contributed by atoms with van der Waals surface area (Å²) in [6.07, 6.45) is 2.81. The number of amides is 3. The molecule has 0 atom stereocenters. The standard InChI is InChI=1S/C24H19N3O6/c1-31-19-11-10-17(14-18(19)27-24(30)21-5-3-13-33-21)26-22(28)15-6-8-16(9-7-15)25-23(29)20-4-2-12-32-20/h2-14H,1H3,(H,25,29)(H,26,28)(H,27,30). The van der Waals surface area contributed by atoms with Crippen molar-refractivity contribution in [3.05, 3.63) is 96.3 Å². The van der Waals surface area contributed by atoms with Gasteiger partial charge in [0.25, 0.3) is 17.7 Å². The Balaban J connectivity index is 1.43. The van der Waals surface area contributed by atoms with E-state index in [4.69, 9.17) is 13.6 Å². The van der Waals surface area contributed by atoms with E-state index < -0.39 is 5.91 Å². The van der Waals surface area contributed by atoms with Crippen molar-refractivity contribution in [2.24, 2.45) is 0 Å². The number of carbonyl (C=O) groups excluding carboxylic acids is 3. The van der Waals surface area contributed by atoms with Crippen molar-refractivity contribution in [2.75, 3.05) is 23.1 Å². The summed E-state index contributed by atoms with van der Waals surface area (Å²) in [5.41, 5.74) is 1.71. The molecule has 3 amide bonds. The van der Waals surface area contributed by atoms with Gasteiger partial charge in [-0.2, -0.15) is 0 Å². The van der Waals surface area contributed by atoms with Gasteiger partial charge in [0.1, 0.15) is 5.75 Å². The average molecular weight is 445 g/mol. The topological polar surface area (TPSA) is 123 Å².